The van der Waals surface area contributed by atoms with E-state index in [9.17, 15) is 4.79 Å². The molecule has 0 atom stereocenters. The maximum Gasteiger partial charge on any atom is 0.272 e. The van der Waals surface area contributed by atoms with Gasteiger partial charge in [-0.2, -0.15) is 0 Å². The monoisotopic (exact) mass is 382 g/mol. The van der Waals surface area contributed by atoms with Crippen LogP contribution in [0.1, 0.15) is 5.69 Å². The third kappa shape index (κ3) is 3.70. The van der Waals surface area contributed by atoms with E-state index in [1.165, 1.54) is 0 Å². The van der Waals surface area contributed by atoms with Crippen molar-refractivity contribution in [3.05, 3.63) is 69.6 Å². The first-order valence-electron chi connectivity index (χ1n) is 9.31. The van der Waals surface area contributed by atoms with Crippen molar-refractivity contribution < 1.29 is 0 Å². The standard InChI is InChI=1S/C21H23ClN4O/c1-16-21(27)26(20-9-5-3-7-18(20)23-16)15-12-24-10-13-25(14-11-24)19-8-4-2-6-17(19)22/h2-9H,10-15H2,1H3. The minimum Gasteiger partial charge on any atom is -0.368 e. The zero-order valence-corrected chi connectivity index (χ0v) is 16.2. The molecule has 4 rings (SSSR count). The molecule has 2 heterocycles. The lowest BCUT2D eigenvalue weighted by Gasteiger charge is -2.36. The highest BCUT2D eigenvalue weighted by atomic mass is 35.5. The highest BCUT2D eigenvalue weighted by Gasteiger charge is 2.19. The Bertz CT molecular complexity index is 1010. The van der Waals surface area contributed by atoms with Gasteiger partial charge in [-0.05, 0) is 31.2 Å². The van der Waals surface area contributed by atoms with Gasteiger partial charge in [0.15, 0.2) is 0 Å². The van der Waals surface area contributed by atoms with Crippen LogP contribution in [0.4, 0.5) is 5.69 Å². The Balaban J connectivity index is 1.44. The summed E-state index contributed by atoms with van der Waals surface area (Å²) in [6.07, 6.45) is 0. The molecule has 140 valence electrons. The number of halogens is 1. The molecule has 1 aromatic heterocycles. The second-order valence-electron chi connectivity index (χ2n) is 6.92. The second-order valence-corrected chi connectivity index (χ2v) is 7.33. The van der Waals surface area contributed by atoms with Crippen molar-refractivity contribution in [1.82, 2.24) is 14.5 Å². The maximum absolute atomic E-state index is 12.6. The number of hydrogen-bond donors (Lipinski definition) is 0. The Labute approximate surface area is 163 Å². The number of hydrogen-bond acceptors (Lipinski definition) is 4. The number of aromatic nitrogens is 2. The van der Waals surface area contributed by atoms with Crippen LogP contribution >= 0.6 is 11.6 Å². The van der Waals surface area contributed by atoms with Gasteiger partial charge in [-0.1, -0.05) is 35.9 Å². The van der Waals surface area contributed by atoms with Gasteiger partial charge in [0.25, 0.3) is 5.56 Å². The number of aryl methyl sites for hydroxylation is 1. The average Bonchev–Trinajstić information content (AvgIpc) is 2.69. The van der Waals surface area contributed by atoms with E-state index in [-0.39, 0.29) is 5.56 Å². The molecule has 6 heteroatoms. The summed E-state index contributed by atoms with van der Waals surface area (Å²) in [4.78, 5) is 21.7. The van der Waals surface area contributed by atoms with Crippen molar-refractivity contribution in [1.29, 1.82) is 0 Å². The van der Waals surface area contributed by atoms with E-state index in [0.29, 0.717) is 12.2 Å². The molecule has 0 unspecified atom stereocenters. The number of fused-ring (bicyclic) bond motifs is 1. The van der Waals surface area contributed by atoms with Gasteiger partial charge in [0.05, 0.1) is 21.7 Å². The number of para-hydroxylation sites is 3. The maximum atomic E-state index is 12.6. The number of rotatable bonds is 4. The fourth-order valence-corrected chi connectivity index (χ4v) is 3.96. The van der Waals surface area contributed by atoms with Gasteiger partial charge >= 0.3 is 0 Å². The van der Waals surface area contributed by atoms with Crippen LogP contribution in [0.2, 0.25) is 5.02 Å². The molecule has 5 nitrogen and oxygen atoms in total. The molecule has 1 saturated heterocycles. The largest absolute Gasteiger partial charge is 0.368 e. The number of benzene rings is 2. The normalized spacial score (nSPS) is 15.4. The molecule has 0 saturated carbocycles. The van der Waals surface area contributed by atoms with Gasteiger partial charge in [0.2, 0.25) is 0 Å². The fourth-order valence-electron chi connectivity index (χ4n) is 3.70. The van der Waals surface area contributed by atoms with Crippen molar-refractivity contribution in [3.8, 4) is 0 Å². The summed E-state index contributed by atoms with van der Waals surface area (Å²) in [6, 6.07) is 15.8. The lowest BCUT2D eigenvalue weighted by molar-refractivity contribution is 0.248. The summed E-state index contributed by atoms with van der Waals surface area (Å²) in [5.41, 5.74) is 3.44. The highest BCUT2D eigenvalue weighted by Crippen LogP contribution is 2.26. The summed E-state index contributed by atoms with van der Waals surface area (Å²) in [5, 5.41) is 0.802. The first kappa shape index (κ1) is 18.0. The summed E-state index contributed by atoms with van der Waals surface area (Å²) < 4.78 is 1.86. The number of nitrogens with zero attached hydrogens (tertiary/aromatic N) is 4. The van der Waals surface area contributed by atoms with Crippen LogP contribution < -0.4 is 10.5 Å². The van der Waals surface area contributed by atoms with Crippen molar-refractivity contribution in [2.75, 3.05) is 37.6 Å². The third-order valence-electron chi connectivity index (χ3n) is 5.22. The smallest absolute Gasteiger partial charge is 0.272 e. The summed E-state index contributed by atoms with van der Waals surface area (Å²) >= 11 is 6.32. The van der Waals surface area contributed by atoms with Crippen molar-refractivity contribution >= 4 is 28.3 Å². The van der Waals surface area contributed by atoms with Crippen LogP contribution in [0.3, 0.4) is 0 Å². The molecule has 27 heavy (non-hydrogen) atoms. The Morgan fingerprint density at radius 2 is 1.67 bits per heavy atom. The van der Waals surface area contributed by atoms with Crippen molar-refractivity contribution in [2.45, 2.75) is 13.5 Å². The van der Waals surface area contributed by atoms with E-state index in [0.717, 1.165) is 54.5 Å². The van der Waals surface area contributed by atoms with Crippen LogP contribution in [-0.2, 0) is 6.54 Å². The quantitative estimate of drug-likeness (QED) is 0.695. The second kappa shape index (κ2) is 7.71. The molecule has 0 radical (unpaired) electrons. The molecule has 0 N–H and O–H groups in total. The Kier molecular flexibility index (Phi) is 5.14. The van der Waals surface area contributed by atoms with Crippen molar-refractivity contribution in [3.63, 3.8) is 0 Å². The predicted octanol–water partition coefficient (Wildman–Crippen LogP) is 3.18. The molecule has 0 aliphatic carbocycles. The lowest BCUT2D eigenvalue weighted by Crippen LogP contribution is -2.47. The molecule has 1 fully saturated rings. The van der Waals surface area contributed by atoms with Crippen LogP contribution in [-0.4, -0.2) is 47.2 Å². The van der Waals surface area contributed by atoms with Crippen molar-refractivity contribution in [2.24, 2.45) is 0 Å². The zero-order valence-electron chi connectivity index (χ0n) is 15.4. The van der Waals surface area contributed by atoms with Gasteiger partial charge < -0.3 is 9.47 Å². The van der Waals surface area contributed by atoms with E-state index in [1.54, 1.807) is 6.92 Å². The average molecular weight is 383 g/mol. The SMILES string of the molecule is Cc1nc2ccccc2n(CCN2CCN(c3ccccc3Cl)CC2)c1=O. The van der Waals surface area contributed by atoms with Crippen LogP contribution in [0.15, 0.2) is 53.3 Å². The molecule has 1 aliphatic heterocycles. The molecule has 0 amide bonds. The van der Waals surface area contributed by atoms with Gasteiger partial charge in [0, 0.05) is 39.3 Å². The topological polar surface area (TPSA) is 41.4 Å². The van der Waals surface area contributed by atoms with E-state index >= 15 is 0 Å². The molecular formula is C21H23ClN4O. The summed E-state index contributed by atoms with van der Waals surface area (Å²) in [5.74, 6) is 0. The highest BCUT2D eigenvalue weighted by molar-refractivity contribution is 6.33. The minimum absolute atomic E-state index is 0.00315. The molecule has 0 spiro atoms. The van der Waals surface area contributed by atoms with E-state index < -0.39 is 0 Å². The van der Waals surface area contributed by atoms with Crippen LogP contribution in [0.25, 0.3) is 11.0 Å². The third-order valence-corrected chi connectivity index (χ3v) is 5.54. The minimum atomic E-state index is 0.00315. The first-order valence-corrected chi connectivity index (χ1v) is 9.69. The molecule has 0 bridgehead atoms. The summed E-state index contributed by atoms with van der Waals surface area (Å²) in [7, 11) is 0. The van der Waals surface area contributed by atoms with E-state index in [4.69, 9.17) is 11.6 Å². The van der Waals surface area contributed by atoms with Crippen LogP contribution in [0, 0.1) is 6.92 Å². The first-order chi connectivity index (χ1) is 13.1. The van der Waals surface area contributed by atoms with Gasteiger partial charge in [0.1, 0.15) is 5.69 Å². The van der Waals surface area contributed by atoms with Gasteiger partial charge in [-0.25, -0.2) is 4.98 Å². The van der Waals surface area contributed by atoms with E-state index in [1.807, 2.05) is 47.0 Å². The Morgan fingerprint density at radius 1 is 0.963 bits per heavy atom. The predicted molar refractivity (Wildman–Crippen MR) is 111 cm³/mol. The molecular weight excluding hydrogens is 360 g/mol. The summed E-state index contributed by atoms with van der Waals surface area (Å²) in [6.45, 7) is 7.11. The fraction of sp³-hybridized carbons (Fsp3) is 0.333. The van der Waals surface area contributed by atoms with E-state index in [2.05, 4.69) is 20.9 Å². The molecule has 2 aromatic carbocycles. The number of piperazine rings is 1. The van der Waals surface area contributed by atoms with Crippen LogP contribution in [0.5, 0.6) is 0 Å². The Hall–Kier alpha value is -2.37. The Morgan fingerprint density at radius 3 is 2.44 bits per heavy atom. The van der Waals surface area contributed by atoms with Gasteiger partial charge in [-0.3, -0.25) is 9.69 Å². The number of anilines is 1. The molecule has 3 aromatic rings. The van der Waals surface area contributed by atoms with Gasteiger partial charge in [-0.15, -0.1) is 0 Å². The molecule has 1 aliphatic rings. The zero-order chi connectivity index (χ0) is 18.8. The lowest BCUT2D eigenvalue weighted by atomic mass is 10.2.